The number of likely N-dealkylation sites (N-methyl/N-ethyl adjacent to an activating group) is 1. The number of hydrogen-bond donors (Lipinski definition) is 1. The fourth-order valence-corrected chi connectivity index (χ4v) is 3.40. The zero-order chi connectivity index (χ0) is 21.1. The molecule has 0 atom stereocenters. The fourth-order valence-electron chi connectivity index (χ4n) is 3.40. The molecule has 1 aromatic carbocycles. The molecular formula is C22H41IN4O2. The summed E-state index contributed by atoms with van der Waals surface area (Å²) in [6, 6.07) is 7.22. The van der Waals surface area contributed by atoms with Crippen molar-refractivity contribution < 1.29 is 9.47 Å². The first kappa shape index (κ1) is 27.8. The van der Waals surface area contributed by atoms with E-state index in [-0.39, 0.29) is 24.0 Å². The van der Waals surface area contributed by atoms with Crippen LogP contribution in [0.5, 0.6) is 11.5 Å². The van der Waals surface area contributed by atoms with Crippen molar-refractivity contribution in [1.29, 1.82) is 0 Å². The van der Waals surface area contributed by atoms with Crippen molar-refractivity contribution in [1.82, 2.24) is 15.1 Å². The van der Waals surface area contributed by atoms with Crippen LogP contribution < -0.4 is 14.8 Å². The molecule has 7 heteroatoms. The first-order chi connectivity index (χ1) is 13.3. The van der Waals surface area contributed by atoms with Gasteiger partial charge in [0.1, 0.15) is 0 Å². The lowest BCUT2D eigenvalue weighted by Crippen LogP contribution is -2.42. The average molecular weight is 521 g/mol. The summed E-state index contributed by atoms with van der Waals surface area (Å²) in [7, 11) is 7.23. The zero-order valence-corrected chi connectivity index (χ0v) is 21.8. The lowest BCUT2D eigenvalue weighted by molar-refractivity contribution is 0.173. The van der Waals surface area contributed by atoms with Crippen LogP contribution in [-0.2, 0) is 6.42 Å². The van der Waals surface area contributed by atoms with E-state index in [1.807, 2.05) is 19.2 Å². The van der Waals surface area contributed by atoms with Gasteiger partial charge in [0.25, 0.3) is 0 Å². The molecule has 0 spiro atoms. The molecule has 1 aromatic rings. The normalized spacial score (nSPS) is 11.6. The van der Waals surface area contributed by atoms with Gasteiger partial charge in [-0.25, -0.2) is 0 Å². The number of benzene rings is 1. The number of guanidine groups is 1. The van der Waals surface area contributed by atoms with Crippen LogP contribution in [-0.4, -0.2) is 75.8 Å². The summed E-state index contributed by atoms with van der Waals surface area (Å²) in [6.07, 6.45) is 2.00. The molecule has 0 radical (unpaired) electrons. The molecule has 0 aliphatic heterocycles. The van der Waals surface area contributed by atoms with Gasteiger partial charge in [0, 0.05) is 45.8 Å². The van der Waals surface area contributed by atoms with Crippen LogP contribution >= 0.6 is 24.0 Å². The predicted molar refractivity (Wildman–Crippen MR) is 134 cm³/mol. The van der Waals surface area contributed by atoms with E-state index in [0.29, 0.717) is 12.1 Å². The lowest BCUT2D eigenvalue weighted by atomic mass is 10.1. The molecule has 0 heterocycles. The Bertz CT molecular complexity index is 600. The second-order valence-corrected chi connectivity index (χ2v) is 7.61. The van der Waals surface area contributed by atoms with Crippen LogP contribution in [0.3, 0.4) is 0 Å². The summed E-state index contributed by atoms with van der Waals surface area (Å²) in [6.45, 7) is 11.9. The molecule has 1 N–H and O–H groups in total. The van der Waals surface area contributed by atoms with Crippen molar-refractivity contribution in [2.45, 2.75) is 52.6 Å². The van der Waals surface area contributed by atoms with Crippen molar-refractivity contribution in [3.05, 3.63) is 23.8 Å². The van der Waals surface area contributed by atoms with E-state index >= 15 is 0 Å². The van der Waals surface area contributed by atoms with Crippen molar-refractivity contribution >= 4 is 29.9 Å². The third-order valence-electron chi connectivity index (χ3n) is 4.96. The third kappa shape index (κ3) is 9.42. The van der Waals surface area contributed by atoms with E-state index in [2.05, 4.69) is 60.9 Å². The lowest BCUT2D eigenvalue weighted by Gasteiger charge is -2.30. The Labute approximate surface area is 195 Å². The van der Waals surface area contributed by atoms with Crippen LogP contribution in [0.25, 0.3) is 0 Å². The number of nitrogens with one attached hydrogen (secondary N) is 1. The van der Waals surface area contributed by atoms with Crippen molar-refractivity contribution in [3.8, 4) is 11.5 Å². The molecule has 0 aliphatic rings. The Hall–Kier alpha value is -1.22. The van der Waals surface area contributed by atoms with Gasteiger partial charge in [-0.15, -0.1) is 24.0 Å². The topological polar surface area (TPSA) is 49.3 Å². The summed E-state index contributed by atoms with van der Waals surface area (Å²) in [5.74, 6) is 2.46. The minimum absolute atomic E-state index is 0. The summed E-state index contributed by atoms with van der Waals surface area (Å²) >= 11 is 0. The molecule has 1 rings (SSSR count). The molecule has 0 saturated carbocycles. The number of nitrogens with zero attached hydrogens (tertiary/aromatic N) is 3. The molecule has 0 amide bonds. The Morgan fingerprint density at radius 3 is 2.17 bits per heavy atom. The smallest absolute Gasteiger partial charge is 0.193 e. The Morgan fingerprint density at radius 1 is 1.03 bits per heavy atom. The van der Waals surface area contributed by atoms with Crippen molar-refractivity contribution in [3.63, 3.8) is 0 Å². The van der Waals surface area contributed by atoms with Crippen molar-refractivity contribution in [2.24, 2.45) is 4.99 Å². The molecule has 0 aromatic heterocycles. The number of aliphatic imine (C=N–C) groups is 1. The quantitative estimate of drug-likeness (QED) is 0.208. The molecule has 0 unspecified atom stereocenters. The Kier molecular flexibility index (Phi) is 14.1. The Balaban J connectivity index is 0.00000784. The minimum Gasteiger partial charge on any atom is -0.493 e. The van der Waals surface area contributed by atoms with E-state index in [4.69, 9.17) is 9.47 Å². The van der Waals surface area contributed by atoms with Gasteiger partial charge >= 0.3 is 0 Å². The monoisotopic (exact) mass is 520 g/mol. The first-order valence-electron chi connectivity index (χ1n) is 10.2. The van der Waals surface area contributed by atoms with E-state index < -0.39 is 0 Å². The highest BCUT2D eigenvalue weighted by Crippen LogP contribution is 2.27. The second kappa shape index (κ2) is 14.7. The van der Waals surface area contributed by atoms with E-state index in [1.54, 1.807) is 14.2 Å². The highest BCUT2D eigenvalue weighted by Gasteiger charge is 2.13. The minimum atomic E-state index is 0. The standard InChI is InChI=1S/C22H40N4O2.HI/c1-17(2)26(18(3)4)14-9-13-24-22(23-5)25(6)15-12-19-10-11-20(27-7)21(16-19)28-8;/h10-11,16-18H,9,12-15H2,1-8H3,(H,23,24);1H. The maximum absolute atomic E-state index is 5.39. The van der Waals surface area contributed by atoms with Gasteiger partial charge in [-0.05, 0) is 58.2 Å². The Morgan fingerprint density at radius 2 is 1.66 bits per heavy atom. The number of methoxy groups -OCH3 is 2. The molecule has 29 heavy (non-hydrogen) atoms. The largest absolute Gasteiger partial charge is 0.493 e. The SMILES string of the molecule is CN=C(NCCCN(C(C)C)C(C)C)N(C)CCc1ccc(OC)c(OC)c1.I. The van der Waals surface area contributed by atoms with E-state index in [9.17, 15) is 0 Å². The molecular weight excluding hydrogens is 479 g/mol. The molecule has 0 fully saturated rings. The summed E-state index contributed by atoms with van der Waals surface area (Å²) in [5.41, 5.74) is 1.21. The van der Waals surface area contributed by atoms with Crippen molar-refractivity contribution in [2.75, 3.05) is 47.9 Å². The number of halogens is 1. The third-order valence-corrected chi connectivity index (χ3v) is 4.96. The van der Waals surface area contributed by atoms with Gasteiger partial charge < -0.3 is 19.7 Å². The molecule has 0 bridgehead atoms. The number of hydrogen-bond acceptors (Lipinski definition) is 4. The molecule has 168 valence electrons. The fraction of sp³-hybridized carbons (Fsp3) is 0.682. The van der Waals surface area contributed by atoms with Crippen LogP contribution in [0.2, 0.25) is 0 Å². The van der Waals surface area contributed by atoms with Gasteiger partial charge in [-0.2, -0.15) is 0 Å². The summed E-state index contributed by atoms with van der Waals surface area (Å²) < 4.78 is 10.7. The molecule has 0 saturated heterocycles. The van der Waals surface area contributed by atoms with Gasteiger partial charge in [0.2, 0.25) is 0 Å². The van der Waals surface area contributed by atoms with E-state index in [1.165, 1.54) is 5.56 Å². The van der Waals surface area contributed by atoms with Gasteiger partial charge in [0.15, 0.2) is 17.5 Å². The molecule has 0 aliphatic carbocycles. The summed E-state index contributed by atoms with van der Waals surface area (Å²) in [4.78, 5) is 9.11. The maximum atomic E-state index is 5.39. The average Bonchev–Trinajstić information content (AvgIpc) is 2.67. The number of rotatable bonds is 11. The van der Waals surface area contributed by atoms with Gasteiger partial charge in [-0.1, -0.05) is 6.07 Å². The maximum Gasteiger partial charge on any atom is 0.193 e. The highest BCUT2D eigenvalue weighted by molar-refractivity contribution is 14.0. The van der Waals surface area contributed by atoms with Gasteiger partial charge in [-0.3, -0.25) is 9.89 Å². The predicted octanol–water partition coefficient (Wildman–Crippen LogP) is 3.88. The zero-order valence-electron chi connectivity index (χ0n) is 19.5. The summed E-state index contributed by atoms with van der Waals surface area (Å²) in [5, 5.41) is 3.48. The first-order valence-corrected chi connectivity index (χ1v) is 10.2. The van der Waals surface area contributed by atoms with Crippen LogP contribution in [0, 0.1) is 0 Å². The number of ether oxygens (including phenoxy) is 2. The molecule has 6 nitrogen and oxygen atoms in total. The van der Waals surface area contributed by atoms with E-state index in [0.717, 1.165) is 49.9 Å². The highest BCUT2D eigenvalue weighted by atomic mass is 127. The van der Waals surface area contributed by atoms with Crippen LogP contribution in [0.1, 0.15) is 39.7 Å². The van der Waals surface area contributed by atoms with Gasteiger partial charge in [0.05, 0.1) is 14.2 Å². The van der Waals surface area contributed by atoms with Crippen LogP contribution in [0.15, 0.2) is 23.2 Å². The second-order valence-electron chi connectivity index (χ2n) is 7.61. The van der Waals surface area contributed by atoms with Crippen LogP contribution in [0.4, 0.5) is 0 Å².